The van der Waals surface area contributed by atoms with Crippen molar-refractivity contribution in [2.45, 2.75) is 6.92 Å². The molecule has 0 amide bonds. The summed E-state index contributed by atoms with van der Waals surface area (Å²) in [5.41, 5.74) is 18.1. The molecule has 0 aliphatic rings. The standard InChI is InChI=1S/C20H17N3/c1-12-16(13-6-8-14(21)9-7-13)10-18(22)17-11-23-19-5-3-2-4-15(19)20(12)17/h2-11H,21-22H2,1H3. The van der Waals surface area contributed by atoms with E-state index in [4.69, 9.17) is 11.5 Å². The third-order valence-electron chi connectivity index (χ3n) is 4.39. The highest BCUT2D eigenvalue weighted by Crippen LogP contribution is 2.37. The zero-order chi connectivity index (χ0) is 16.0. The second-order valence-corrected chi connectivity index (χ2v) is 5.82. The maximum atomic E-state index is 6.32. The molecule has 0 atom stereocenters. The number of benzene rings is 3. The van der Waals surface area contributed by atoms with E-state index in [2.05, 4.69) is 18.0 Å². The number of pyridine rings is 1. The lowest BCUT2D eigenvalue weighted by Gasteiger charge is -2.14. The minimum Gasteiger partial charge on any atom is -0.399 e. The number of rotatable bonds is 1. The van der Waals surface area contributed by atoms with Gasteiger partial charge in [0, 0.05) is 28.3 Å². The van der Waals surface area contributed by atoms with Crippen LogP contribution in [-0.2, 0) is 0 Å². The van der Waals surface area contributed by atoms with E-state index in [1.54, 1.807) is 0 Å². The lowest BCUT2D eigenvalue weighted by molar-refractivity contribution is 1.43. The van der Waals surface area contributed by atoms with Gasteiger partial charge in [-0.15, -0.1) is 0 Å². The Morgan fingerprint density at radius 1 is 0.870 bits per heavy atom. The third-order valence-corrected chi connectivity index (χ3v) is 4.39. The van der Waals surface area contributed by atoms with Crippen LogP contribution in [0.5, 0.6) is 0 Å². The first kappa shape index (κ1) is 13.6. The molecule has 4 aromatic rings. The summed E-state index contributed by atoms with van der Waals surface area (Å²) in [5, 5.41) is 3.30. The number of hydrogen-bond acceptors (Lipinski definition) is 3. The van der Waals surface area contributed by atoms with Gasteiger partial charge in [0.15, 0.2) is 0 Å². The normalized spacial score (nSPS) is 11.2. The monoisotopic (exact) mass is 299 g/mol. The first-order valence-electron chi connectivity index (χ1n) is 7.57. The molecule has 4 N–H and O–H groups in total. The number of fused-ring (bicyclic) bond motifs is 3. The smallest absolute Gasteiger partial charge is 0.0708 e. The summed E-state index contributed by atoms with van der Waals surface area (Å²) < 4.78 is 0. The zero-order valence-electron chi connectivity index (χ0n) is 12.9. The average molecular weight is 299 g/mol. The van der Waals surface area contributed by atoms with E-state index in [9.17, 15) is 0 Å². The van der Waals surface area contributed by atoms with Crippen molar-refractivity contribution in [1.29, 1.82) is 0 Å². The fourth-order valence-corrected chi connectivity index (χ4v) is 3.20. The Kier molecular flexibility index (Phi) is 2.95. The fourth-order valence-electron chi connectivity index (χ4n) is 3.20. The van der Waals surface area contributed by atoms with E-state index in [1.807, 2.05) is 54.7 Å². The van der Waals surface area contributed by atoms with Crippen LogP contribution in [0.1, 0.15) is 5.56 Å². The maximum absolute atomic E-state index is 6.32. The highest BCUT2D eigenvalue weighted by molar-refractivity contribution is 6.13. The van der Waals surface area contributed by atoms with Gasteiger partial charge in [0.05, 0.1) is 5.52 Å². The van der Waals surface area contributed by atoms with Crippen molar-refractivity contribution in [3.63, 3.8) is 0 Å². The second kappa shape index (κ2) is 4.99. The lowest BCUT2D eigenvalue weighted by atomic mass is 9.92. The number of para-hydroxylation sites is 1. The summed E-state index contributed by atoms with van der Waals surface area (Å²) in [5.74, 6) is 0. The van der Waals surface area contributed by atoms with Crippen molar-refractivity contribution in [2.24, 2.45) is 0 Å². The molecule has 0 radical (unpaired) electrons. The van der Waals surface area contributed by atoms with Crippen LogP contribution in [0.15, 0.2) is 60.8 Å². The van der Waals surface area contributed by atoms with Crippen molar-refractivity contribution < 1.29 is 0 Å². The molecule has 3 heteroatoms. The van der Waals surface area contributed by atoms with Crippen LogP contribution in [-0.4, -0.2) is 4.98 Å². The van der Waals surface area contributed by atoms with E-state index in [0.717, 1.165) is 38.8 Å². The van der Waals surface area contributed by atoms with Crippen LogP contribution < -0.4 is 11.5 Å². The van der Waals surface area contributed by atoms with Crippen molar-refractivity contribution >= 4 is 33.1 Å². The average Bonchev–Trinajstić information content (AvgIpc) is 2.58. The van der Waals surface area contributed by atoms with Crippen molar-refractivity contribution in [1.82, 2.24) is 4.98 Å². The number of nitrogens with two attached hydrogens (primary N) is 2. The van der Waals surface area contributed by atoms with Gasteiger partial charge < -0.3 is 11.5 Å². The minimum absolute atomic E-state index is 0.746. The van der Waals surface area contributed by atoms with Gasteiger partial charge >= 0.3 is 0 Å². The van der Waals surface area contributed by atoms with Gasteiger partial charge in [-0.2, -0.15) is 0 Å². The van der Waals surface area contributed by atoms with E-state index in [1.165, 1.54) is 10.9 Å². The molecule has 0 saturated heterocycles. The van der Waals surface area contributed by atoms with Crippen LogP contribution in [0.4, 0.5) is 11.4 Å². The molecule has 0 aliphatic carbocycles. The van der Waals surface area contributed by atoms with E-state index in [-0.39, 0.29) is 0 Å². The van der Waals surface area contributed by atoms with Crippen LogP contribution in [0, 0.1) is 6.92 Å². The van der Waals surface area contributed by atoms with Crippen LogP contribution in [0.25, 0.3) is 32.8 Å². The largest absolute Gasteiger partial charge is 0.399 e. The minimum atomic E-state index is 0.746. The lowest BCUT2D eigenvalue weighted by Crippen LogP contribution is -1.95. The number of hydrogen-bond donors (Lipinski definition) is 2. The molecule has 0 unspecified atom stereocenters. The molecule has 0 saturated carbocycles. The molecule has 112 valence electrons. The SMILES string of the molecule is Cc1c(-c2ccc(N)cc2)cc(N)c2cnc3ccccc3c12. The summed E-state index contributed by atoms with van der Waals surface area (Å²) >= 11 is 0. The van der Waals surface area contributed by atoms with Crippen molar-refractivity contribution in [3.05, 3.63) is 66.4 Å². The number of aromatic nitrogens is 1. The van der Waals surface area contributed by atoms with Gasteiger partial charge in [-0.05, 0) is 53.3 Å². The van der Waals surface area contributed by atoms with Gasteiger partial charge in [-0.3, -0.25) is 4.98 Å². The van der Waals surface area contributed by atoms with Gasteiger partial charge in [0.25, 0.3) is 0 Å². The zero-order valence-corrected chi connectivity index (χ0v) is 12.9. The van der Waals surface area contributed by atoms with Crippen LogP contribution in [0.3, 0.4) is 0 Å². The first-order chi connectivity index (χ1) is 11.1. The highest BCUT2D eigenvalue weighted by atomic mass is 14.7. The first-order valence-corrected chi connectivity index (χ1v) is 7.57. The Hall–Kier alpha value is -3.07. The van der Waals surface area contributed by atoms with Gasteiger partial charge in [-0.1, -0.05) is 30.3 Å². The van der Waals surface area contributed by atoms with E-state index < -0.39 is 0 Å². The fraction of sp³-hybridized carbons (Fsp3) is 0.0500. The van der Waals surface area contributed by atoms with E-state index >= 15 is 0 Å². The molecule has 1 heterocycles. The Bertz CT molecular complexity index is 1030. The van der Waals surface area contributed by atoms with Crippen molar-refractivity contribution in [2.75, 3.05) is 11.5 Å². The molecule has 3 aromatic carbocycles. The molecule has 0 spiro atoms. The van der Waals surface area contributed by atoms with E-state index in [0.29, 0.717) is 0 Å². The Labute approximate surface area is 134 Å². The molecule has 1 aromatic heterocycles. The van der Waals surface area contributed by atoms with Gasteiger partial charge in [0.1, 0.15) is 0 Å². The molecular weight excluding hydrogens is 282 g/mol. The molecule has 0 bridgehead atoms. The van der Waals surface area contributed by atoms with Gasteiger partial charge in [0.2, 0.25) is 0 Å². The predicted molar refractivity (Wildman–Crippen MR) is 98.2 cm³/mol. The van der Waals surface area contributed by atoms with Crippen LogP contribution >= 0.6 is 0 Å². The third kappa shape index (κ3) is 2.09. The summed E-state index contributed by atoms with van der Waals surface area (Å²) in [6.45, 7) is 2.14. The molecule has 3 nitrogen and oxygen atoms in total. The molecular formula is C20H17N3. The number of nitrogen functional groups attached to an aromatic ring is 2. The molecule has 0 fully saturated rings. The summed E-state index contributed by atoms with van der Waals surface area (Å²) in [6, 6.07) is 18.1. The maximum Gasteiger partial charge on any atom is 0.0708 e. The number of nitrogens with zero attached hydrogens (tertiary/aromatic N) is 1. The van der Waals surface area contributed by atoms with Crippen LogP contribution in [0.2, 0.25) is 0 Å². The second-order valence-electron chi connectivity index (χ2n) is 5.82. The molecule has 0 aliphatic heterocycles. The molecule has 23 heavy (non-hydrogen) atoms. The summed E-state index contributed by atoms with van der Waals surface area (Å²) in [4.78, 5) is 4.53. The Morgan fingerprint density at radius 3 is 2.39 bits per heavy atom. The van der Waals surface area contributed by atoms with Gasteiger partial charge in [-0.25, -0.2) is 0 Å². The highest BCUT2D eigenvalue weighted by Gasteiger charge is 2.12. The Balaban J connectivity index is 2.13. The topological polar surface area (TPSA) is 64.9 Å². The number of anilines is 2. The Morgan fingerprint density at radius 2 is 1.61 bits per heavy atom. The predicted octanol–water partition coefficient (Wildman–Crippen LogP) is 4.53. The summed E-state index contributed by atoms with van der Waals surface area (Å²) in [7, 11) is 0. The quantitative estimate of drug-likeness (QED) is 0.401. The van der Waals surface area contributed by atoms with Crippen molar-refractivity contribution in [3.8, 4) is 11.1 Å². The molecule has 4 rings (SSSR count). The number of aryl methyl sites for hydroxylation is 1. The summed E-state index contributed by atoms with van der Waals surface area (Å²) in [6.07, 6.45) is 1.87.